The summed E-state index contributed by atoms with van der Waals surface area (Å²) < 4.78 is 0. The molecule has 2 fully saturated rings. The average Bonchev–Trinajstić information content (AvgIpc) is 3.34. The minimum Gasteiger partial charge on any atom is -0.337 e. The fraction of sp³-hybridized carbons (Fsp3) is 0.524. The van der Waals surface area contributed by atoms with Gasteiger partial charge in [0.2, 0.25) is 0 Å². The highest BCUT2D eigenvalue weighted by Gasteiger charge is 2.43. The van der Waals surface area contributed by atoms with Crippen LogP contribution in [-0.4, -0.2) is 46.1 Å². The Balaban J connectivity index is 1.53. The van der Waals surface area contributed by atoms with Crippen molar-refractivity contribution in [3.8, 4) is 11.3 Å². The van der Waals surface area contributed by atoms with Gasteiger partial charge < -0.3 is 4.90 Å². The number of hydrogen-bond acceptors (Lipinski definition) is 5. The molecule has 5 heteroatoms. The monoisotopic (exact) mass is 368 g/mol. The Kier molecular flexibility index (Phi) is 5.18. The zero-order valence-electron chi connectivity index (χ0n) is 15.8. The SMILES string of the molecule is CCSc1ccc(-c2ccc(N3CCCC3(C)N3CCCC3)nn2)cc1. The lowest BCUT2D eigenvalue weighted by molar-refractivity contribution is 0.144. The van der Waals surface area contributed by atoms with E-state index in [4.69, 9.17) is 0 Å². The third-order valence-electron chi connectivity index (χ3n) is 5.79. The van der Waals surface area contributed by atoms with Gasteiger partial charge in [-0.05, 0) is 62.6 Å². The summed E-state index contributed by atoms with van der Waals surface area (Å²) in [5.74, 6) is 2.11. The topological polar surface area (TPSA) is 32.3 Å². The zero-order valence-corrected chi connectivity index (χ0v) is 16.6. The van der Waals surface area contributed by atoms with Gasteiger partial charge in [-0.15, -0.1) is 22.0 Å². The first-order valence-corrected chi connectivity index (χ1v) is 10.8. The third kappa shape index (κ3) is 3.35. The standard InChI is InChI=1S/C21H28N4S/c1-3-26-18-9-7-17(8-10-18)19-11-12-20(23-22-19)25-16-6-13-21(25,2)24-14-4-5-15-24/h7-12H,3-6,13-16H2,1-2H3. The molecule has 1 atom stereocenters. The molecule has 138 valence electrons. The first kappa shape index (κ1) is 17.8. The first-order chi connectivity index (χ1) is 12.7. The quantitative estimate of drug-likeness (QED) is 0.716. The van der Waals surface area contributed by atoms with Crippen LogP contribution in [0.5, 0.6) is 0 Å². The molecule has 2 aliphatic rings. The van der Waals surface area contributed by atoms with E-state index in [-0.39, 0.29) is 5.66 Å². The molecule has 26 heavy (non-hydrogen) atoms. The molecule has 0 radical (unpaired) electrons. The lowest BCUT2D eigenvalue weighted by atomic mass is 10.1. The van der Waals surface area contributed by atoms with Gasteiger partial charge in [-0.1, -0.05) is 19.1 Å². The van der Waals surface area contributed by atoms with E-state index < -0.39 is 0 Å². The third-order valence-corrected chi connectivity index (χ3v) is 6.68. The molecule has 0 N–H and O–H groups in total. The summed E-state index contributed by atoms with van der Waals surface area (Å²) >= 11 is 1.86. The van der Waals surface area contributed by atoms with Gasteiger partial charge in [-0.2, -0.15) is 0 Å². The van der Waals surface area contributed by atoms with Crippen molar-refractivity contribution in [1.29, 1.82) is 0 Å². The number of rotatable bonds is 5. The van der Waals surface area contributed by atoms with Crippen LogP contribution in [0.4, 0.5) is 5.82 Å². The molecular weight excluding hydrogens is 340 g/mol. The second-order valence-corrected chi connectivity index (χ2v) is 8.74. The number of anilines is 1. The molecule has 2 saturated heterocycles. The predicted molar refractivity (Wildman–Crippen MR) is 110 cm³/mol. The first-order valence-electron chi connectivity index (χ1n) is 9.80. The van der Waals surface area contributed by atoms with Gasteiger partial charge in [0.15, 0.2) is 5.82 Å². The van der Waals surface area contributed by atoms with Crippen LogP contribution >= 0.6 is 11.8 Å². The van der Waals surface area contributed by atoms with Crippen molar-refractivity contribution in [3.63, 3.8) is 0 Å². The van der Waals surface area contributed by atoms with E-state index in [0.717, 1.165) is 29.4 Å². The van der Waals surface area contributed by atoms with Crippen molar-refractivity contribution in [2.24, 2.45) is 0 Å². The summed E-state index contributed by atoms with van der Waals surface area (Å²) in [5.41, 5.74) is 2.18. The van der Waals surface area contributed by atoms with Crippen molar-refractivity contribution in [2.45, 2.75) is 50.1 Å². The number of likely N-dealkylation sites (tertiary alicyclic amines) is 1. The van der Waals surface area contributed by atoms with E-state index in [1.54, 1.807) is 0 Å². The minimum absolute atomic E-state index is 0.103. The molecule has 0 spiro atoms. The molecule has 3 heterocycles. The van der Waals surface area contributed by atoms with Crippen molar-refractivity contribution < 1.29 is 0 Å². The summed E-state index contributed by atoms with van der Waals surface area (Å²) in [7, 11) is 0. The molecule has 4 rings (SSSR count). The van der Waals surface area contributed by atoms with Crippen LogP contribution in [0.1, 0.15) is 39.5 Å². The van der Waals surface area contributed by atoms with Gasteiger partial charge in [0.1, 0.15) is 0 Å². The summed E-state index contributed by atoms with van der Waals surface area (Å²) in [6, 6.07) is 12.9. The second kappa shape index (κ2) is 7.57. The summed E-state index contributed by atoms with van der Waals surface area (Å²) in [4.78, 5) is 6.41. The molecule has 1 aromatic heterocycles. The van der Waals surface area contributed by atoms with Crippen molar-refractivity contribution in [2.75, 3.05) is 30.3 Å². The van der Waals surface area contributed by atoms with Gasteiger partial charge >= 0.3 is 0 Å². The maximum atomic E-state index is 4.61. The van der Waals surface area contributed by atoms with E-state index >= 15 is 0 Å². The van der Waals surface area contributed by atoms with Crippen LogP contribution in [0.25, 0.3) is 11.3 Å². The number of aromatic nitrogens is 2. The highest BCUT2D eigenvalue weighted by atomic mass is 32.2. The van der Waals surface area contributed by atoms with Crippen molar-refractivity contribution in [3.05, 3.63) is 36.4 Å². The Bertz CT molecular complexity index is 725. The highest BCUT2D eigenvalue weighted by molar-refractivity contribution is 7.99. The van der Waals surface area contributed by atoms with E-state index in [1.807, 2.05) is 11.8 Å². The Morgan fingerprint density at radius 2 is 1.73 bits per heavy atom. The molecule has 0 saturated carbocycles. The molecule has 1 unspecified atom stereocenters. The van der Waals surface area contributed by atoms with Gasteiger partial charge in [0, 0.05) is 30.1 Å². The predicted octanol–water partition coefficient (Wildman–Crippen LogP) is 4.67. The van der Waals surface area contributed by atoms with Crippen LogP contribution < -0.4 is 4.90 Å². The second-order valence-electron chi connectivity index (χ2n) is 7.40. The van der Waals surface area contributed by atoms with Gasteiger partial charge in [-0.25, -0.2) is 0 Å². The van der Waals surface area contributed by atoms with Crippen molar-refractivity contribution >= 4 is 17.6 Å². The Morgan fingerprint density at radius 3 is 2.38 bits per heavy atom. The highest BCUT2D eigenvalue weighted by Crippen LogP contribution is 2.37. The largest absolute Gasteiger partial charge is 0.337 e. The minimum atomic E-state index is 0.103. The molecule has 0 bridgehead atoms. The Morgan fingerprint density at radius 1 is 0.962 bits per heavy atom. The van der Waals surface area contributed by atoms with Crippen LogP contribution in [0.2, 0.25) is 0 Å². The van der Waals surface area contributed by atoms with Crippen LogP contribution in [0.15, 0.2) is 41.3 Å². The Hall–Kier alpha value is -1.59. The summed E-state index contributed by atoms with van der Waals surface area (Å²) in [5, 5.41) is 9.15. The van der Waals surface area contributed by atoms with Gasteiger partial charge in [-0.3, -0.25) is 4.90 Å². The molecule has 0 aliphatic carbocycles. The van der Waals surface area contributed by atoms with E-state index in [2.05, 4.69) is 70.2 Å². The number of hydrogen-bond donors (Lipinski definition) is 0. The van der Waals surface area contributed by atoms with Crippen molar-refractivity contribution in [1.82, 2.24) is 15.1 Å². The van der Waals surface area contributed by atoms with E-state index in [1.165, 1.54) is 43.7 Å². The molecule has 4 nitrogen and oxygen atoms in total. The lowest BCUT2D eigenvalue weighted by Crippen LogP contribution is -2.54. The maximum Gasteiger partial charge on any atom is 0.152 e. The van der Waals surface area contributed by atoms with Crippen LogP contribution in [0, 0.1) is 0 Å². The fourth-order valence-corrected chi connectivity index (χ4v) is 5.01. The molecule has 2 aromatic rings. The lowest BCUT2D eigenvalue weighted by Gasteiger charge is -2.43. The molecular formula is C21H28N4S. The number of benzene rings is 1. The van der Waals surface area contributed by atoms with Gasteiger partial charge in [0.25, 0.3) is 0 Å². The smallest absolute Gasteiger partial charge is 0.152 e. The van der Waals surface area contributed by atoms with Gasteiger partial charge in [0.05, 0.1) is 11.4 Å². The average molecular weight is 369 g/mol. The molecule has 2 aliphatic heterocycles. The summed E-state index contributed by atoms with van der Waals surface area (Å²) in [6.07, 6.45) is 5.08. The number of nitrogens with zero attached hydrogens (tertiary/aromatic N) is 4. The maximum absolute atomic E-state index is 4.61. The number of thioether (sulfide) groups is 1. The molecule has 1 aromatic carbocycles. The normalized spacial score (nSPS) is 23.7. The summed E-state index contributed by atoms with van der Waals surface area (Å²) in [6.45, 7) is 8.05. The zero-order chi connectivity index (χ0) is 18.0. The van der Waals surface area contributed by atoms with E-state index in [9.17, 15) is 0 Å². The Labute approximate surface area is 161 Å². The fourth-order valence-electron chi connectivity index (χ4n) is 4.35. The van der Waals surface area contributed by atoms with Crippen LogP contribution in [-0.2, 0) is 0 Å². The molecule has 0 amide bonds. The van der Waals surface area contributed by atoms with E-state index in [0.29, 0.717) is 0 Å². The van der Waals surface area contributed by atoms with Crippen LogP contribution in [0.3, 0.4) is 0 Å².